The Morgan fingerprint density at radius 2 is 1.67 bits per heavy atom. The van der Waals surface area contributed by atoms with Gasteiger partial charge in [-0.15, -0.1) is 0 Å². The SMILES string of the molecule is CC(C)(C)C1=CC=C2C1=CC=CC2(C)C. The lowest BCUT2D eigenvalue weighted by atomic mass is 9.73. The van der Waals surface area contributed by atoms with Gasteiger partial charge in [-0.1, -0.05) is 65.0 Å². The molecule has 15 heavy (non-hydrogen) atoms. The average molecular weight is 200 g/mol. The second kappa shape index (κ2) is 2.98. The fraction of sp³-hybridized carbons (Fsp3) is 0.467. The van der Waals surface area contributed by atoms with Gasteiger partial charge in [-0.25, -0.2) is 0 Å². The van der Waals surface area contributed by atoms with E-state index in [0.717, 1.165) is 0 Å². The smallest absolute Gasteiger partial charge is 0.00844 e. The van der Waals surface area contributed by atoms with Crippen LogP contribution in [-0.2, 0) is 0 Å². The van der Waals surface area contributed by atoms with Crippen LogP contribution < -0.4 is 0 Å². The van der Waals surface area contributed by atoms with Gasteiger partial charge in [0.2, 0.25) is 0 Å². The molecule has 0 aromatic heterocycles. The molecule has 0 unspecified atom stereocenters. The third-order valence-electron chi connectivity index (χ3n) is 3.27. The maximum atomic E-state index is 2.29. The van der Waals surface area contributed by atoms with Gasteiger partial charge in [-0.2, -0.15) is 0 Å². The number of fused-ring (bicyclic) bond motifs is 1. The maximum absolute atomic E-state index is 2.29. The summed E-state index contributed by atoms with van der Waals surface area (Å²) in [6.45, 7) is 11.4. The molecule has 2 aliphatic rings. The molecule has 0 fully saturated rings. The van der Waals surface area contributed by atoms with Gasteiger partial charge in [0.1, 0.15) is 0 Å². The molecule has 0 saturated carbocycles. The minimum Gasteiger partial charge on any atom is -0.0744 e. The van der Waals surface area contributed by atoms with Crippen molar-refractivity contribution >= 4 is 0 Å². The van der Waals surface area contributed by atoms with Crippen LogP contribution in [0.3, 0.4) is 0 Å². The van der Waals surface area contributed by atoms with E-state index in [1.165, 1.54) is 16.7 Å². The fourth-order valence-corrected chi connectivity index (χ4v) is 2.36. The fourth-order valence-electron chi connectivity index (χ4n) is 2.36. The van der Waals surface area contributed by atoms with Crippen LogP contribution in [0.15, 0.2) is 47.1 Å². The predicted molar refractivity (Wildman–Crippen MR) is 66.6 cm³/mol. The van der Waals surface area contributed by atoms with E-state index < -0.39 is 0 Å². The molecule has 2 aliphatic carbocycles. The van der Waals surface area contributed by atoms with Crippen molar-refractivity contribution in [1.82, 2.24) is 0 Å². The van der Waals surface area contributed by atoms with E-state index in [1.54, 1.807) is 0 Å². The van der Waals surface area contributed by atoms with Crippen molar-refractivity contribution < 1.29 is 0 Å². The molecule has 0 heterocycles. The van der Waals surface area contributed by atoms with Gasteiger partial charge in [-0.05, 0) is 22.1 Å². The summed E-state index contributed by atoms with van der Waals surface area (Å²) in [4.78, 5) is 0. The number of allylic oxidation sites excluding steroid dienone is 8. The summed E-state index contributed by atoms with van der Waals surface area (Å²) in [5.41, 5.74) is 4.80. The molecule has 0 radical (unpaired) electrons. The van der Waals surface area contributed by atoms with Crippen LogP contribution >= 0.6 is 0 Å². The second-order valence-electron chi connectivity index (χ2n) is 6.07. The standard InChI is InChI=1S/C15H20/c1-14(2,3)12-8-9-13-11(12)7-6-10-15(13,4)5/h6-10H,1-5H3. The summed E-state index contributed by atoms with van der Waals surface area (Å²) in [6, 6.07) is 0. The Labute approximate surface area is 93.1 Å². The zero-order chi connectivity index (χ0) is 11.3. The molecule has 80 valence electrons. The molecule has 0 saturated heterocycles. The zero-order valence-corrected chi connectivity index (χ0v) is 10.4. The quantitative estimate of drug-likeness (QED) is 0.543. The summed E-state index contributed by atoms with van der Waals surface area (Å²) < 4.78 is 0. The highest BCUT2D eigenvalue weighted by molar-refractivity contribution is 5.62. The molecule has 0 amide bonds. The van der Waals surface area contributed by atoms with E-state index in [1.807, 2.05) is 0 Å². The molecular formula is C15H20. The van der Waals surface area contributed by atoms with Crippen LogP contribution in [0.5, 0.6) is 0 Å². The lowest BCUT2D eigenvalue weighted by Gasteiger charge is -2.31. The Bertz CT molecular complexity index is 404. The first-order chi connectivity index (χ1) is 6.82. The third kappa shape index (κ3) is 1.62. The normalized spacial score (nSPS) is 23.1. The van der Waals surface area contributed by atoms with Gasteiger partial charge in [-0.3, -0.25) is 0 Å². The number of hydrogen-bond donors (Lipinski definition) is 0. The van der Waals surface area contributed by atoms with Gasteiger partial charge in [0.25, 0.3) is 0 Å². The van der Waals surface area contributed by atoms with Crippen molar-refractivity contribution in [3.63, 3.8) is 0 Å². The van der Waals surface area contributed by atoms with Crippen LogP contribution in [0.25, 0.3) is 0 Å². The van der Waals surface area contributed by atoms with Crippen molar-refractivity contribution in [2.45, 2.75) is 34.6 Å². The highest BCUT2D eigenvalue weighted by atomic mass is 14.4. The first kappa shape index (κ1) is 10.5. The lowest BCUT2D eigenvalue weighted by molar-refractivity contribution is 0.505. The summed E-state index contributed by atoms with van der Waals surface area (Å²) >= 11 is 0. The Morgan fingerprint density at radius 1 is 1.00 bits per heavy atom. The molecule has 0 nitrogen and oxygen atoms in total. The largest absolute Gasteiger partial charge is 0.0744 e. The zero-order valence-electron chi connectivity index (χ0n) is 10.4. The van der Waals surface area contributed by atoms with E-state index in [0.29, 0.717) is 0 Å². The Morgan fingerprint density at radius 3 is 2.27 bits per heavy atom. The molecule has 2 rings (SSSR count). The van der Waals surface area contributed by atoms with Gasteiger partial charge < -0.3 is 0 Å². The van der Waals surface area contributed by atoms with E-state index in [4.69, 9.17) is 0 Å². The van der Waals surface area contributed by atoms with Crippen molar-refractivity contribution in [1.29, 1.82) is 0 Å². The molecule has 0 aliphatic heterocycles. The number of hydrogen-bond acceptors (Lipinski definition) is 0. The average Bonchev–Trinajstić information content (AvgIpc) is 2.46. The third-order valence-corrected chi connectivity index (χ3v) is 3.27. The van der Waals surface area contributed by atoms with E-state index in [-0.39, 0.29) is 10.8 Å². The maximum Gasteiger partial charge on any atom is 0.00844 e. The second-order valence-corrected chi connectivity index (χ2v) is 6.07. The molecule has 0 spiro atoms. The monoisotopic (exact) mass is 200 g/mol. The summed E-state index contributed by atoms with van der Waals surface area (Å²) in [5, 5.41) is 0. The molecule has 0 aromatic carbocycles. The van der Waals surface area contributed by atoms with E-state index >= 15 is 0 Å². The molecule has 0 N–H and O–H groups in total. The van der Waals surface area contributed by atoms with E-state index in [2.05, 4.69) is 65.0 Å². The Hall–Kier alpha value is -1.04. The van der Waals surface area contributed by atoms with Crippen LogP contribution in [-0.4, -0.2) is 0 Å². The first-order valence-electron chi connectivity index (χ1n) is 5.65. The van der Waals surface area contributed by atoms with Gasteiger partial charge in [0.05, 0.1) is 0 Å². The molecular weight excluding hydrogens is 180 g/mol. The van der Waals surface area contributed by atoms with Crippen molar-refractivity contribution in [3.05, 3.63) is 47.1 Å². The highest BCUT2D eigenvalue weighted by Crippen LogP contribution is 2.47. The van der Waals surface area contributed by atoms with Gasteiger partial charge >= 0.3 is 0 Å². The first-order valence-corrected chi connectivity index (χ1v) is 5.65. The van der Waals surface area contributed by atoms with Crippen molar-refractivity contribution in [2.75, 3.05) is 0 Å². The summed E-state index contributed by atoms with van der Waals surface area (Å²) in [7, 11) is 0. The molecule has 0 heteroatoms. The summed E-state index contributed by atoms with van der Waals surface area (Å²) in [5.74, 6) is 0. The molecule has 0 atom stereocenters. The predicted octanol–water partition coefficient (Wildman–Crippen LogP) is 4.42. The van der Waals surface area contributed by atoms with Crippen molar-refractivity contribution in [3.8, 4) is 0 Å². The Kier molecular flexibility index (Phi) is 2.08. The van der Waals surface area contributed by atoms with E-state index in [9.17, 15) is 0 Å². The minimum atomic E-state index is 0.188. The lowest BCUT2D eigenvalue weighted by Crippen LogP contribution is -2.18. The van der Waals surface area contributed by atoms with Crippen LogP contribution in [0, 0.1) is 10.8 Å². The molecule has 0 bridgehead atoms. The van der Waals surface area contributed by atoms with Gasteiger partial charge in [0.15, 0.2) is 0 Å². The highest BCUT2D eigenvalue weighted by Gasteiger charge is 2.33. The topological polar surface area (TPSA) is 0 Å². The minimum absolute atomic E-state index is 0.188. The molecule has 0 aromatic rings. The van der Waals surface area contributed by atoms with Crippen LogP contribution in [0.2, 0.25) is 0 Å². The summed E-state index contributed by atoms with van der Waals surface area (Å²) in [6.07, 6.45) is 11.3. The Balaban J connectivity index is 2.44. The van der Waals surface area contributed by atoms with Gasteiger partial charge in [0, 0.05) is 5.41 Å². The van der Waals surface area contributed by atoms with Crippen LogP contribution in [0.4, 0.5) is 0 Å². The number of rotatable bonds is 0. The van der Waals surface area contributed by atoms with Crippen molar-refractivity contribution in [2.24, 2.45) is 10.8 Å². The van der Waals surface area contributed by atoms with Crippen LogP contribution in [0.1, 0.15) is 34.6 Å².